The standard InChI is InChI=1S/C21H22N4O3/c1-14-6-4-5-11-27-18-8-3-2-7-16(18)24-20(26)17-13-28-21(25-17)15-9-10-22-19(12-15)23-14/h2-3,7-10,12-14H,4-6,11H2,1H3,(H,22,23)(H,24,26). The van der Waals surface area contributed by atoms with Gasteiger partial charge >= 0.3 is 0 Å². The summed E-state index contributed by atoms with van der Waals surface area (Å²) in [6, 6.07) is 11.3. The molecule has 7 heteroatoms. The van der Waals surface area contributed by atoms with Crippen LogP contribution in [-0.2, 0) is 0 Å². The number of hydrogen-bond donors (Lipinski definition) is 2. The number of carbonyl (C=O) groups excluding carboxylic acids is 1. The van der Waals surface area contributed by atoms with Crippen LogP contribution in [0.15, 0.2) is 53.3 Å². The number of carbonyl (C=O) groups is 1. The first-order chi connectivity index (χ1) is 13.7. The van der Waals surface area contributed by atoms with Gasteiger partial charge < -0.3 is 19.8 Å². The lowest BCUT2D eigenvalue weighted by Gasteiger charge is -2.15. The highest BCUT2D eigenvalue weighted by atomic mass is 16.5. The molecule has 28 heavy (non-hydrogen) atoms. The summed E-state index contributed by atoms with van der Waals surface area (Å²) in [6.45, 7) is 2.71. The van der Waals surface area contributed by atoms with E-state index < -0.39 is 0 Å². The molecule has 0 saturated heterocycles. The molecule has 0 aliphatic carbocycles. The summed E-state index contributed by atoms with van der Waals surface area (Å²) in [5.41, 5.74) is 1.58. The number of ether oxygens (including phenoxy) is 1. The third kappa shape index (κ3) is 4.14. The van der Waals surface area contributed by atoms with Gasteiger partial charge in [-0.2, -0.15) is 0 Å². The number of nitrogens with one attached hydrogen (secondary N) is 2. The molecule has 7 nitrogen and oxygen atoms in total. The number of amides is 1. The molecule has 0 radical (unpaired) electrons. The van der Waals surface area contributed by atoms with Gasteiger partial charge in [0.15, 0.2) is 5.69 Å². The average molecular weight is 378 g/mol. The molecule has 2 aromatic heterocycles. The lowest BCUT2D eigenvalue weighted by Crippen LogP contribution is -2.16. The topological polar surface area (TPSA) is 89.3 Å². The van der Waals surface area contributed by atoms with E-state index >= 15 is 0 Å². The monoisotopic (exact) mass is 378 g/mol. The minimum absolute atomic E-state index is 0.203. The molecule has 0 spiro atoms. The molecule has 1 aromatic carbocycles. The molecule has 2 N–H and O–H groups in total. The van der Waals surface area contributed by atoms with Gasteiger partial charge in [0, 0.05) is 17.8 Å². The number of rotatable bonds is 0. The van der Waals surface area contributed by atoms with E-state index in [0.717, 1.165) is 30.6 Å². The van der Waals surface area contributed by atoms with Gasteiger partial charge in [-0.3, -0.25) is 4.79 Å². The van der Waals surface area contributed by atoms with Crippen molar-refractivity contribution in [1.29, 1.82) is 0 Å². The van der Waals surface area contributed by atoms with E-state index in [1.54, 1.807) is 12.3 Å². The number of benzene rings is 1. The summed E-state index contributed by atoms with van der Waals surface area (Å²) >= 11 is 0. The molecule has 144 valence electrons. The molecule has 1 atom stereocenters. The smallest absolute Gasteiger partial charge is 0.277 e. The molecular formula is C21H22N4O3. The van der Waals surface area contributed by atoms with Crippen molar-refractivity contribution in [2.45, 2.75) is 32.2 Å². The molecule has 1 unspecified atom stereocenters. The molecular weight excluding hydrogens is 356 g/mol. The molecule has 4 bridgehead atoms. The first-order valence-corrected chi connectivity index (χ1v) is 9.41. The van der Waals surface area contributed by atoms with E-state index in [9.17, 15) is 4.79 Å². The van der Waals surface area contributed by atoms with Gasteiger partial charge in [-0.1, -0.05) is 12.1 Å². The Morgan fingerprint density at radius 2 is 2.07 bits per heavy atom. The summed E-state index contributed by atoms with van der Waals surface area (Å²) < 4.78 is 11.4. The van der Waals surface area contributed by atoms with Gasteiger partial charge in [-0.25, -0.2) is 9.97 Å². The van der Waals surface area contributed by atoms with Crippen LogP contribution in [-0.4, -0.2) is 28.5 Å². The second-order valence-electron chi connectivity index (χ2n) is 6.81. The first kappa shape index (κ1) is 18.0. The van der Waals surface area contributed by atoms with Gasteiger partial charge in [-0.05, 0) is 50.5 Å². The third-order valence-electron chi connectivity index (χ3n) is 4.56. The van der Waals surface area contributed by atoms with Gasteiger partial charge in [0.25, 0.3) is 5.91 Å². The van der Waals surface area contributed by atoms with Gasteiger partial charge in [-0.15, -0.1) is 0 Å². The minimum atomic E-state index is -0.351. The summed E-state index contributed by atoms with van der Waals surface area (Å²) in [5.74, 6) is 1.42. The Morgan fingerprint density at radius 1 is 1.18 bits per heavy atom. The molecule has 4 rings (SSSR count). The highest BCUT2D eigenvalue weighted by Crippen LogP contribution is 2.26. The van der Waals surface area contributed by atoms with Crippen molar-refractivity contribution in [3.8, 4) is 17.2 Å². The third-order valence-corrected chi connectivity index (χ3v) is 4.56. The fourth-order valence-electron chi connectivity index (χ4n) is 3.09. The zero-order chi connectivity index (χ0) is 19.3. The number of pyridine rings is 1. The fraction of sp³-hybridized carbons (Fsp3) is 0.286. The molecule has 3 heterocycles. The maximum absolute atomic E-state index is 12.6. The van der Waals surface area contributed by atoms with Crippen molar-refractivity contribution in [1.82, 2.24) is 9.97 Å². The largest absolute Gasteiger partial charge is 0.491 e. The highest BCUT2D eigenvalue weighted by molar-refractivity contribution is 6.03. The molecule has 0 fully saturated rings. The number of fused-ring (bicyclic) bond motifs is 6. The van der Waals surface area contributed by atoms with Crippen LogP contribution in [0.25, 0.3) is 11.5 Å². The van der Waals surface area contributed by atoms with E-state index in [-0.39, 0.29) is 17.6 Å². The van der Waals surface area contributed by atoms with Gasteiger partial charge in [0.2, 0.25) is 5.89 Å². The van der Waals surface area contributed by atoms with Crippen molar-refractivity contribution in [3.05, 3.63) is 54.6 Å². The predicted octanol–water partition coefficient (Wildman–Crippen LogP) is 4.35. The quantitative estimate of drug-likeness (QED) is 0.604. The number of nitrogens with zero attached hydrogens (tertiary/aromatic N) is 2. The Hall–Kier alpha value is -3.35. The molecule has 1 aliphatic rings. The maximum atomic E-state index is 12.6. The first-order valence-electron chi connectivity index (χ1n) is 9.41. The van der Waals surface area contributed by atoms with E-state index in [2.05, 4.69) is 27.5 Å². The van der Waals surface area contributed by atoms with Gasteiger partial charge in [0.1, 0.15) is 17.8 Å². The van der Waals surface area contributed by atoms with Crippen LogP contribution in [0.2, 0.25) is 0 Å². The van der Waals surface area contributed by atoms with E-state index in [1.165, 1.54) is 6.26 Å². The predicted molar refractivity (Wildman–Crippen MR) is 107 cm³/mol. The van der Waals surface area contributed by atoms with Crippen LogP contribution in [0, 0.1) is 0 Å². The fourth-order valence-corrected chi connectivity index (χ4v) is 3.09. The zero-order valence-electron chi connectivity index (χ0n) is 15.6. The average Bonchev–Trinajstić information content (AvgIpc) is 3.19. The summed E-state index contributed by atoms with van der Waals surface area (Å²) in [6.07, 6.45) is 6.00. The molecule has 3 aromatic rings. The molecule has 0 saturated carbocycles. The Bertz CT molecular complexity index is 970. The van der Waals surface area contributed by atoms with Crippen LogP contribution in [0.1, 0.15) is 36.7 Å². The minimum Gasteiger partial charge on any atom is -0.491 e. The Balaban J connectivity index is 1.65. The molecule has 1 amide bonds. The SMILES string of the molecule is CC1CCCCOc2ccccc2NC(=O)c2coc(n2)-c2ccnc(c2)N1. The van der Waals surface area contributed by atoms with Gasteiger partial charge in [0.05, 0.1) is 12.3 Å². The highest BCUT2D eigenvalue weighted by Gasteiger charge is 2.16. The Morgan fingerprint density at radius 3 is 3.00 bits per heavy atom. The summed E-state index contributed by atoms with van der Waals surface area (Å²) in [5, 5.41) is 6.25. The maximum Gasteiger partial charge on any atom is 0.277 e. The number of hydrogen-bond acceptors (Lipinski definition) is 6. The van der Waals surface area contributed by atoms with Crippen molar-refractivity contribution in [2.24, 2.45) is 0 Å². The summed E-state index contributed by atoms with van der Waals surface area (Å²) in [4.78, 5) is 21.3. The number of para-hydroxylation sites is 2. The molecule has 1 aliphatic heterocycles. The second-order valence-corrected chi connectivity index (χ2v) is 6.81. The van der Waals surface area contributed by atoms with Crippen molar-refractivity contribution < 1.29 is 13.9 Å². The van der Waals surface area contributed by atoms with Crippen LogP contribution in [0.3, 0.4) is 0 Å². The van der Waals surface area contributed by atoms with Crippen molar-refractivity contribution in [2.75, 3.05) is 17.2 Å². The van der Waals surface area contributed by atoms with Crippen LogP contribution in [0.4, 0.5) is 11.5 Å². The van der Waals surface area contributed by atoms with Crippen LogP contribution < -0.4 is 15.4 Å². The van der Waals surface area contributed by atoms with Crippen molar-refractivity contribution >= 4 is 17.4 Å². The van der Waals surface area contributed by atoms with E-state index in [1.807, 2.05) is 30.3 Å². The van der Waals surface area contributed by atoms with Crippen LogP contribution >= 0.6 is 0 Å². The van der Waals surface area contributed by atoms with E-state index in [4.69, 9.17) is 9.15 Å². The zero-order valence-corrected chi connectivity index (χ0v) is 15.6. The summed E-state index contributed by atoms with van der Waals surface area (Å²) in [7, 11) is 0. The second kappa shape index (κ2) is 8.12. The van der Waals surface area contributed by atoms with Crippen LogP contribution in [0.5, 0.6) is 5.75 Å². The van der Waals surface area contributed by atoms with Crippen molar-refractivity contribution in [3.63, 3.8) is 0 Å². The number of oxazole rings is 1. The Labute approximate surface area is 163 Å². The normalized spacial score (nSPS) is 17.5. The number of aromatic nitrogens is 2. The lowest BCUT2D eigenvalue weighted by molar-refractivity contribution is 0.102. The Kier molecular flexibility index (Phi) is 5.23. The van der Waals surface area contributed by atoms with E-state index in [0.29, 0.717) is 23.9 Å². The number of anilines is 2. The lowest BCUT2D eigenvalue weighted by atomic mass is 10.1.